The van der Waals surface area contributed by atoms with E-state index in [1.165, 1.54) is 12.8 Å². The summed E-state index contributed by atoms with van der Waals surface area (Å²) >= 11 is 6.03. The van der Waals surface area contributed by atoms with Crippen molar-refractivity contribution in [3.63, 3.8) is 0 Å². The second-order valence-electron chi connectivity index (χ2n) is 5.93. The summed E-state index contributed by atoms with van der Waals surface area (Å²) in [5, 5.41) is 7.19. The van der Waals surface area contributed by atoms with Crippen LogP contribution >= 0.6 is 11.6 Å². The summed E-state index contributed by atoms with van der Waals surface area (Å²) in [6, 6.07) is 9.67. The van der Waals surface area contributed by atoms with Crippen molar-refractivity contribution in [2.75, 3.05) is 17.7 Å². The first-order valence-electron chi connectivity index (χ1n) is 7.79. The molecule has 0 spiro atoms. The summed E-state index contributed by atoms with van der Waals surface area (Å²) in [5.41, 5.74) is 2.93. The lowest BCUT2D eigenvalue weighted by Crippen LogP contribution is -2.05. The number of pyridine rings is 1. The van der Waals surface area contributed by atoms with E-state index in [1.807, 2.05) is 43.6 Å². The third-order valence-electron chi connectivity index (χ3n) is 4.09. The maximum atomic E-state index is 6.03. The number of hydrogen-bond donors (Lipinski definition) is 2. The van der Waals surface area contributed by atoms with Crippen LogP contribution in [0.4, 0.5) is 17.5 Å². The molecule has 3 aromatic rings. The average molecular weight is 328 g/mol. The molecule has 0 aliphatic heterocycles. The van der Waals surface area contributed by atoms with Crippen molar-refractivity contribution in [2.24, 2.45) is 5.92 Å². The van der Waals surface area contributed by atoms with Crippen molar-refractivity contribution >= 4 is 40.1 Å². The van der Waals surface area contributed by atoms with Gasteiger partial charge in [0.15, 0.2) is 0 Å². The van der Waals surface area contributed by atoms with Gasteiger partial charge in [0.25, 0.3) is 0 Å². The highest BCUT2D eigenvalue weighted by atomic mass is 35.5. The van der Waals surface area contributed by atoms with Crippen molar-refractivity contribution < 1.29 is 0 Å². The summed E-state index contributed by atoms with van der Waals surface area (Å²) in [4.78, 5) is 9.07. The van der Waals surface area contributed by atoms with E-state index in [-0.39, 0.29) is 0 Å². The number of anilines is 3. The molecule has 0 atom stereocenters. The van der Waals surface area contributed by atoms with E-state index in [0.717, 1.165) is 40.9 Å². The molecule has 2 aromatic heterocycles. The zero-order chi connectivity index (χ0) is 15.8. The maximum absolute atomic E-state index is 6.03. The molecule has 0 bridgehead atoms. The Morgan fingerprint density at radius 1 is 1.30 bits per heavy atom. The van der Waals surface area contributed by atoms with Gasteiger partial charge in [0.2, 0.25) is 5.95 Å². The van der Waals surface area contributed by atoms with Gasteiger partial charge < -0.3 is 15.2 Å². The number of fused-ring (bicyclic) bond motifs is 1. The standard InChI is InChI=1S/C17H18ClN5/c1-19-17-22-14-9-20-16(21-13-4-2-3-12(18)7-13)8-15(14)23(17)10-11-5-6-11/h2-4,7-9,11H,5-6,10H2,1H3,(H,19,22)(H,20,21). The molecule has 0 radical (unpaired) electrons. The Bertz CT molecular complexity index is 853. The van der Waals surface area contributed by atoms with Gasteiger partial charge in [-0.25, -0.2) is 9.97 Å². The van der Waals surface area contributed by atoms with Gasteiger partial charge in [-0.3, -0.25) is 0 Å². The lowest BCUT2D eigenvalue weighted by molar-refractivity contribution is 0.648. The molecule has 2 heterocycles. The van der Waals surface area contributed by atoms with Gasteiger partial charge in [-0.1, -0.05) is 17.7 Å². The predicted octanol–water partition coefficient (Wildman–Crippen LogP) is 4.28. The number of rotatable bonds is 5. The number of benzene rings is 1. The van der Waals surface area contributed by atoms with E-state index >= 15 is 0 Å². The highest BCUT2D eigenvalue weighted by molar-refractivity contribution is 6.30. The molecule has 0 saturated heterocycles. The fraction of sp³-hybridized carbons (Fsp3) is 0.294. The molecule has 118 valence electrons. The molecule has 4 rings (SSSR count). The highest BCUT2D eigenvalue weighted by Crippen LogP contribution is 2.33. The minimum Gasteiger partial charge on any atom is -0.359 e. The SMILES string of the molecule is CNc1nc2cnc(Nc3cccc(Cl)c3)cc2n1CC1CC1. The molecule has 1 fully saturated rings. The Labute approximate surface area is 139 Å². The second-order valence-corrected chi connectivity index (χ2v) is 6.37. The van der Waals surface area contributed by atoms with Crippen LogP contribution in [0.1, 0.15) is 12.8 Å². The summed E-state index contributed by atoms with van der Waals surface area (Å²) in [6.07, 6.45) is 4.43. The summed E-state index contributed by atoms with van der Waals surface area (Å²) in [6.45, 7) is 1.01. The highest BCUT2D eigenvalue weighted by Gasteiger charge is 2.24. The van der Waals surface area contributed by atoms with Gasteiger partial charge in [0.05, 0.1) is 11.7 Å². The zero-order valence-electron chi connectivity index (χ0n) is 12.9. The number of nitrogens with one attached hydrogen (secondary N) is 2. The smallest absolute Gasteiger partial charge is 0.203 e. The van der Waals surface area contributed by atoms with Crippen LogP contribution in [0, 0.1) is 5.92 Å². The fourth-order valence-corrected chi connectivity index (χ4v) is 2.94. The van der Waals surface area contributed by atoms with E-state index in [4.69, 9.17) is 11.6 Å². The molecule has 2 N–H and O–H groups in total. The van der Waals surface area contributed by atoms with Gasteiger partial charge >= 0.3 is 0 Å². The van der Waals surface area contributed by atoms with Crippen LogP contribution < -0.4 is 10.6 Å². The molecule has 1 saturated carbocycles. The van der Waals surface area contributed by atoms with Crippen molar-refractivity contribution in [2.45, 2.75) is 19.4 Å². The largest absolute Gasteiger partial charge is 0.359 e. The topological polar surface area (TPSA) is 54.8 Å². The van der Waals surface area contributed by atoms with Crippen molar-refractivity contribution in [3.8, 4) is 0 Å². The minimum absolute atomic E-state index is 0.701. The first-order chi connectivity index (χ1) is 11.2. The second kappa shape index (κ2) is 5.74. The molecule has 1 aliphatic carbocycles. The molecular weight excluding hydrogens is 310 g/mol. The first kappa shape index (κ1) is 14.3. The van der Waals surface area contributed by atoms with Crippen molar-refractivity contribution in [1.29, 1.82) is 0 Å². The number of aromatic nitrogens is 3. The molecule has 1 aromatic carbocycles. The maximum Gasteiger partial charge on any atom is 0.203 e. The van der Waals surface area contributed by atoms with E-state index in [2.05, 4.69) is 25.2 Å². The lowest BCUT2D eigenvalue weighted by Gasteiger charge is -2.09. The van der Waals surface area contributed by atoms with Crippen LogP contribution in [-0.4, -0.2) is 21.6 Å². The van der Waals surface area contributed by atoms with Crippen molar-refractivity contribution in [3.05, 3.63) is 41.6 Å². The Morgan fingerprint density at radius 2 is 2.17 bits per heavy atom. The lowest BCUT2D eigenvalue weighted by atomic mass is 10.3. The average Bonchev–Trinajstić information content (AvgIpc) is 3.29. The Balaban J connectivity index is 1.70. The van der Waals surface area contributed by atoms with E-state index in [9.17, 15) is 0 Å². The summed E-state index contributed by atoms with van der Waals surface area (Å²) in [5.74, 6) is 2.46. The molecular formula is C17H18ClN5. The monoisotopic (exact) mass is 327 g/mol. The molecule has 5 nitrogen and oxygen atoms in total. The quantitative estimate of drug-likeness (QED) is 0.734. The van der Waals surface area contributed by atoms with Gasteiger partial charge in [0.1, 0.15) is 11.3 Å². The molecule has 1 aliphatic rings. The summed E-state index contributed by atoms with van der Waals surface area (Å²) < 4.78 is 2.25. The number of imidazole rings is 1. The minimum atomic E-state index is 0.701. The van der Waals surface area contributed by atoms with Crippen LogP contribution in [0.15, 0.2) is 36.5 Å². The van der Waals surface area contributed by atoms with Gasteiger partial charge in [-0.05, 0) is 37.0 Å². The van der Waals surface area contributed by atoms with Crippen LogP contribution in [0.3, 0.4) is 0 Å². The molecule has 23 heavy (non-hydrogen) atoms. The number of nitrogens with zero attached hydrogens (tertiary/aromatic N) is 3. The molecule has 6 heteroatoms. The van der Waals surface area contributed by atoms with Gasteiger partial charge in [0, 0.05) is 30.4 Å². The normalized spacial score (nSPS) is 14.2. The van der Waals surface area contributed by atoms with E-state index < -0.39 is 0 Å². The Hall–Kier alpha value is -2.27. The molecule has 0 unspecified atom stereocenters. The molecule has 0 amide bonds. The third-order valence-corrected chi connectivity index (χ3v) is 4.33. The first-order valence-corrected chi connectivity index (χ1v) is 8.17. The zero-order valence-corrected chi connectivity index (χ0v) is 13.6. The Kier molecular flexibility index (Phi) is 3.58. The van der Waals surface area contributed by atoms with E-state index in [1.54, 1.807) is 0 Å². The van der Waals surface area contributed by atoms with Gasteiger partial charge in [-0.15, -0.1) is 0 Å². The van der Waals surface area contributed by atoms with Crippen LogP contribution in [-0.2, 0) is 6.54 Å². The Morgan fingerprint density at radius 3 is 2.91 bits per heavy atom. The number of halogens is 1. The van der Waals surface area contributed by atoms with Crippen LogP contribution in [0.5, 0.6) is 0 Å². The predicted molar refractivity (Wildman–Crippen MR) is 94.5 cm³/mol. The van der Waals surface area contributed by atoms with E-state index in [0.29, 0.717) is 5.02 Å². The van der Waals surface area contributed by atoms with Crippen LogP contribution in [0.2, 0.25) is 5.02 Å². The van der Waals surface area contributed by atoms with Crippen molar-refractivity contribution in [1.82, 2.24) is 14.5 Å². The van der Waals surface area contributed by atoms with Gasteiger partial charge in [-0.2, -0.15) is 0 Å². The third kappa shape index (κ3) is 2.97. The number of hydrogen-bond acceptors (Lipinski definition) is 4. The van der Waals surface area contributed by atoms with Crippen LogP contribution in [0.25, 0.3) is 11.0 Å². The summed E-state index contributed by atoms with van der Waals surface area (Å²) in [7, 11) is 1.91. The fourth-order valence-electron chi connectivity index (χ4n) is 2.75.